The first-order valence-corrected chi connectivity index (χ1v) is 9.95. The third-order valence-electron chi connectivity index (χ3n) is 4.61. The van der Waals surface area contributed by atoms with Gasteiger partial charge in [0.1, 0.15) is 0 Å². The van der Waals surface area contributed by atoms with Crippen LogP contribution in [0.5, 0.6) is 0 Å². The molecule has 30 heavy (non-hydrogen) atoms. The van der Waals surface area contributed by atoms with E-state index in [4.69, 9.17) is 24.1 Å². The van der Waals surface area contributed by atoms with E-state index >= 15 is 0 Å². The fourth-order valence-corrected chi connectivity index (χ4v) is 3.15. The lowest BCUT2D eigenvalue weighted by molar-refractivity contribution is -0.00743. The first-order valence-electron chi connectivity index (χ1n) is 9.95. The number of ketones is 2. The molecule has 0 fully saturated rings. The van der Waals surface area contributed by atoms with Gasteiger partial charge in [0, 0.05) is 22.3 Å². The van der Waals surface area contributed by atoms with Gasteiger partial charge in [0.05, 0.1) is 59.5 Å². The zero-order valence-electron chi connectivity index (χ0n) is 16.8. The average Bonchev–Trinajstić information content (AvgIpc) is 2.78. The molecule has 0 saturated carbocycles. The Balaban J connectivity index is 1.37. The number of benzene rings is 2. The second-order valence-corrected chi connectivity index (χ2v) is 6.70. The summed E-state index contributed by atoms with van der Waals surface area (Å²) in [5.41, 5.74) is 2.60. The predicted octanol–water partition coefficient (Wildman–Crippen LogP) is 2.02. The smallest absolute Gasteiger partial charge is 0.194 e. The Morgan fingerprint density at radius 2 is 1.10 bits per heavy atom. The molecule has 160 valence electrons. The highest BCUT2D eigenvalue weighted by atomic mass is 16.6. The second kappa shape index (κ2) is 11.7. The first-order chi connectivity index (χ1) is 14.7. The lowest BCUT2D eigenvalue weighted by atomic mass is 9.83. The van der Waals surface area contributed by atoms with Gasteiger partial charge in [-0.3, -0.25) is 9.59 Å². The van der Waals surface area contributed by atoms with E-state index in [1.54, 1.807) is 36.4 Å². The monoisotopic (exact) mass is 414 g/mol. The number of carbonyl (C=O) groups is 2. The van der Waals surface area contributed by atoms with Crippen LogP contribution in [0.3, 0.4) is 0 Å². The van der Waals surface area contributed by atoms with Crippen molar-refractivity contribution in [1.29, 1.82) is 0 Å². The Hall–Kier alpha value is -2.42. The molecule has 2 aromatic carbocycles. The number of rotatable bonds is 13. The van der Waals surface area contributed by atoms with Gasteiger partial charge < -0.3 is 24.1 Å². The fraction of sp³-hybridized carbons (Fsp3) is 0.391. The van der Waals surface area contributed by atoms with Gasteiger partial charge in [-0.25, -0.2) is 0 Å². The lowest BCUT2D eigenvalue weighted by Gasteiger charge is -2.18. The highest BCUT2D eigenvalue weighted by Gasteiger charge is 2.29. The van der Waals surface area contributed by atoms with E-state index in [1.165, 1.54) is 0 Å². The summed E-state index contributed by atoms with van der Waals surface area (Å²) in [5, 5.41) is 8.57. The molecule has 0 bridgehead atoms. The Kier molecular flexibility index (Phi) is 8.67. The summed E-state index contributed by atoms with van der Waals surface area (Å²) >= 11 is 0. The summed E-state index contributed by atoms with van der Waals surface area (Å²) < 4.78 is 21.4. The highest BCUT2D eigenvalue weighted by Crippen LogP contribution is 2.27. The van der Waals surface area contributed by atoms with E-state index in [0.29, 0.717) is 75.1 Å². The molecule has 1 aliphatic rings. The minimum Gasteiger partial charge on any atom is -0.394 e. The van der Waals surface area contributed by atoms with Gasteiger partial charge in [-0.1, -0.05) is 30.3 Å². The standard InChI is InChI=1S/C23H26O7/c24-7-8-27-9-10-28-11-12-29-13-14-30-16-17-5-6-20-21(15-17)23(26)19-4-2-1-3-18(19)22(20)25/h1-6,15,24H,7-14,16H2. The van der Waals surface area contributed by atoms with Crippen molar-refractivity contribution in [3.8, 4) is 0 Å². The van der Waals surface area contributed by atoms with Gasteiger partial charge in [0.25, 0.3) is 0 Å². The number of aliphatic hydroxyl groups excluding tert-OH is 1. The molecule has 2 aromatic rings. The number of fused-ring (bicyclic) bond motifs is 2. The minimum absolute atomic E-state index is 0.0109. The maximum atomic E-state index is 12.7. The molecule has 3 rings (SSSR count). The Bertz CT molecular complexity index is 862. The van der Waals surface area contributed by atoms with Gasteiger partial charge in [-0.05, 0) is 17.7 Å². The number of hydrogen-bond donors (Lipinski definition) is 1. The third kappa shape index (κ3) is 5.81. The maximum Gasteiger partial charge on any atom is 0.194 e. The average molecular weight is 414 g/mol. The van der Waals surface area contributed by atoms with E-state index < -0.39 is 0 Å². The van der Waals surface area contributed by atoms with E-state index in [9.17, 15) is 9.59 Å². The zero-order valence-corrected chi connectivity index (χ0v) is 16.8. The summed E-state index contributed by atoms with van der Waals surface area (Å²) in [6, 6.07) is 12.1. The second-order valence-electron chi connectivity index (χ2n) is 6.70. The van der Waals surface area contributed by atoms with Crippen molar-refractivity contribution in [2.75, 3.05) is 52.9 Å². The zero-order chi connectivity index (χ0) is 21.2. The quantitative estimate of drug-likeness (QED) is 0.428. The molecule has 0 saturated heterocycles. The van der Waals surface area contributed by atoms with Crippen LogP contribution < -0.4 is 0 Å². The summed E-state index contributed by atoms with van der Waals surface area (Å²) in [5.74, 6) is -0.254. The summed E-state index contributed by atoms with van der Waals surface area (Å²) in [7, 11) is 0. The van der Waals surface area contributed by atoms with Crippen molar-refractivity contribution in [3.63, 3.8) is 0 Å². The van der Waals surface area contributed by atoms with Crippen LogP contribution in [0.25, 0.3) is 0 Å². The Morgan fingerprint density at radius 3 is 1.70 bits per heavy atom. The molecule has 0 radical (unpaired) electrons. The van der Waals surface area contributed by atoms with Crippen LogP contribution in [0.15, 0.2) is 42.5 Å². The van der Waals surface area contributed by atoms with E-state index in [2.05, 4.69) is 0 Å². The molecule has 0 heterocycles. The van der Waals surface area contributed by atoms with Crippen LogP contribution in [0.1, 0.15) is 37.4 Å². The van der Waals surface area contributed by atoms with E-state index in [-0.39, 0.29) is 18.2 Å². The van der Waals surface area contributed by atoms with Crippen molar-refractivity contribution in [3.05, 3.63) is 70.3 Å². The van der Waals surface area contributed by atoms with Crippen LogP contribution in [-0.4, -0.2) is 69.5 Å². The summed E-state index contributed by atoms with van der Waals surface area (Å²) in [4.78, 5) is 25.3. The van der Waals surface area contributed by atoms with Gasteiger partial charge in [-0.2, -0.15) is 0 Å². The van der Waals surface area contributed by atoms with Gasteiger partial charge in [-0.15, -0.1) is 0 Å². The van der Waals surface area contributed by atoms with E-state index in [1.807, 2.05) is 6.07 Å². The molecule has 0 aliphatic heterocycles. The van der Waals surface area contributed by atoms with Crippen LogP contribution in [0, 0.1) is 0 Å². The van der Waals surface area contributed by atoms with Crippen LogP contribution in [0.4, 0.5) is 0 Å². The topological polar surface area (TPSA) is 91.3 Å². The molecule has 0 amide bonds. The SMILES string of the molecule is O=C1c2ccccc2C(=O)c2cc(COCCOCCOCCOCCO)ccc21. The van der Waals surface area contributed by atoms with Crippen molar-refractivity contribution < 1.29 is 33.6 Å². The Labute approximate surface area is 175 Å². The molecule has 1 N–H and O–H groups in total. The molecule has 7 nitrogen and oxygen atoms in total. The summed E-state index contributed by atoms with van der Waals surface area (Å²) in [6.45, 7) is 3.33. The van der Waals surface area contributed by atoms with Crippen molar-refractivity contribution in [2.24, 2.45) is 0 Å². The normalized spacial score (nSPS) is 12.7. The number of hydrogen-bond acceptors (Lipinski definition) is 7. The molecular formula is C23H26O7. The van der Waals surface area contributed by atoms with Crippen LogP contribution >= 0.6 is 0 Å². The van der Waals surface area contributed by atoms with Crippen LogP contribution in [-0.2, 0) is 25.6 Å². The molecule has 1 aliphatic carbocycles. The van der Waals surface area contributed by atoms with Crippen LogP contribution in [0.2, 0.25) is 0 Å². The number of carbonyl (C=O) groups excluding carboxylic acids is 2. The first kappa shape index (κ1) is 22.3. The summed E-state index contributed by atoms with van der Waals surface area (Å²) in [6.07, 6.45) is 0. The predicted molar refractivity (Wildman–Crippen MR) is 109 cm³/mol. The molecule has 0 unspecified atom stereocenters. The number of aliphatic hydroxyl groups is 1. The molecule has 0 aromatic heterocycles. The van der Waals surface area contributed by atoms with Crippen molar-refractivity contribution in [2.45, 2.75) is 6.61 Å². The van der Waals surface area contributed by atoms with Gasteiger partial charge in [0.2, 0.25) is 0 Å². The molecular weight excluding hydrogens is 388 g/mol. The molecule has 0 atom stereocenters. The molecule has 7 heteroatoms. The van der Waals surface area contributed by atoms with Crippen molar-refractivity contribution in [1.82, 2.24) is 0 Å². The fourth-order valence-electron chi connectivity index (χ4n) is 3.15. The maximum absolute atomic E-state index is 12.7. The van der Waals surface area contributed by atoms with E-state index in [0.717, 1.165) is 5.56 Å². The van der Waals surface area contributed by atoms with Gasteiger partial charge in [0.15, 0.2) is 11.6 Å². The highest BCUT2D eigenvalue weighted by molar-refractivity contribution is 6.28. The third-order valence-corrected chi connectivity index (χ3v) is 4.61. The largest absolute Gasteiger partial charge is 0.394 e. The van der Waals surface area contributed by atoms with Crippen molar-refractivity contribution >= 4 is 11.6 Å². The number of ether oxygens (including phenoxy) is 4. The minimum atomic E-state index is -0.132. The Morgan fingerprint density at radius 1 is 0.600 bits per heavy atom. The lowest BCUT2D eigenvalue weighted by Crippen LogP contribution is -2.21. The van der Waals surface area contributed by atoms with Gasteiger partial charge >= 0.3 is 0 Å². The molecule has 0 spiro atoms.